The van der Waals surface area contributed by atoms with E-state index in [2.05, 4.69) is 11.5 Å². The molecule has 1 unspecified atom stereocenters. The van der Waals surface area contributed by atoms with Crippen LogP contribution in [0.25, 0.3) is 0 Å². The minimum absolute atomic E-state index is 0.0524. The molecule has 1 heterocycles. The lowest BCUT2D eigenvalue weighted by atomic mass is 10.1. The lowest BCUT2D eigenvalue weighted by molar-refractivity contribution is -0.386. The average Bonchev–Trinajstić information content (AvgIpc) is 3.10. The minimum atomic E-state index is -1.10. The molecule has 8 nitrogen and oxygen atoms in total. The van der Waals surface area contributed by atoms with Gasteiger partial charge in [-0.1, -0.05) is 29.8 Å². The molecule has 2 N–H and O–H groups in total. The van der Waals surface area contributed by atoms with E-state index in [9.17, 15) is 20.0 Å². The molecular formula is C21H24ClN3O5. The van der Waals surface area contributed by atoms with Crippen molar-refractivity contribution in [3.8, 4) is 5.75 Å². The molecule has 0 aromatic heterocycles. The number of nitro groups is 1. The molecule has 1 amide bonds. The number of nitrogens with zero attached hydrogens (tertiary/aromatic N) is 2. The highest BCUT2D eigenvalue weighted by atomic mass is 35.5. The molecule has 160 valence electrons. The van der Waals surface area contributed by atoms with Gasteiger partial charge in [0.15, 0.2) is 0 Å². The SMILES string of the molecule is CC(O)c1c(OCCCCC(=O)NN2CCc3ccccc32)ccc(Cl)c1[N+](=O)[O-]. The number of carbonyl (C=O) groups is 1. The third-order valence-corrected chi connectivity index (χ3v) is 5.24. The van der Waals surface area contributed by atoms with Crippen LogP contribution in [0.4, 0.5) is 11.4 Å². The van der Waals surface area contributed by atoms with E-state index in [0.29, 0.717) is 19.3 Å². The molecule has 30 heavy (non-hydrogen) atoms. The van der Waals surface area contributed by atoms with Crippen molar-refractivity contribution in [2.24, 2.45) is 0 Å². The number of hydrogen-bond acceptors (Lipinski definition) is 6. The standard InChI is InChI=1S/C21H24ClN3O5/c1-14(26)20-18(10-9-16(22)21(20)25(28)29)30-13-5-4-8-19(27)23-24-12-11-15-6-2-3-7-17(15)24/h2-3,6-7,9-10,14,26H,4-5,8,11-13H2,1H3,(H,23,27). The number of nitrogens with one attached hydrogen (secondary N) is 1. The largest absolute Gasteiger partial charge is 0.493 e. The van der Waals surface area contributed by atoms with E-state index in [1.54, 1.807) is 0 Å². The van der Waals surface area contributed by atoms with E-state index in [1.165, 1.54) is 24.6 Å². The van der Waals surface area contributed by atoms with Crippen LogP contribution in [0.1, 0.15) is 43.4 Å². The van der Waals surface area contributed by atoms with Crippen molar-refractivity contribution >= 4 is 28.9 Å². The van der Waals surface area contributed by atoms with Crippen LogP contribution in [0, 0.1) is 10.1 Å². The Kier molecular flexibility index (Phi) is 7.12. The molecule has 0 radical (unpaired) electrons. The summed E-state index contributed by atoms with van der Waals surface area (Å²) in [7, 11) is 0. The summed E-state index contributed by atoms with van der Waals surface area (Å²) in [6.45, 7) is 2.44. The Labute approximate surface area is 179 Å². The lowest BCUT2D eigenvalue weighted by Gasteiger charge is -2.20. The summed E-state index contributed by atoms with van der Waals surface area (Å²) in [6, 6.07) is 10.9. The number of anilines is 1. The zero-order chi connectivity index (χ0) is 21.7. The highest BCUT2D eigenvalue weighted by Gasteiger charge is 2.26. The van der Waals surface area contributed by atoms with Gasteiger partial charge >= 0.3 is 0 Å². The number of ether oxygens (including phenoxy) is 1. The van der Waals surface area contributed by atoms with Gasteiger partial charge in [-0.05, 0) is 49.9 Å². The average molecular weight is 434 g/mol. The maximum Gasteiger partial charge on any atom is 0.297 e. The summed E-state index contributed by atoms with van der Waals surface area (Å²) in [5, 5.41) is 23.0. The molecule has 1 aliphatic rings. The summed E-state index contributed by atoms with van der Waals surface area (Å²) < 4.78 is 5.64. The molecule has 0 bridgehead atoms. The Balaban J connectivity index is 1.47. The van der Waals surface area contributed by atoms with E-state index in [-0.39, 0.29) is 34.5 Å². The number of halogens is 1. The second-order valence-corrected chi connectivity index (χ2v) is 7.52. The highest BCUT2D eigenvalue weighted by molar-refractivity contribution is 6.32. The van der Waals surface area contributed by atoms with E-state index in [1.807, 2.05) is 23.2 Å². The summed E-state index contributed by atoms with van der Waals surface area (Å²) in [6.07, 6.45) is 1.32. The van der Waals surface area contributed by atoms with E-state index in [0.717, 1.165) is 18.7 Å². The van der Waals surface area contributed by atoms with Crippen LogP contribution in [0.5, 0.6) is 5.75 Å². The van der Waals surface area contributed by atoms with Crippen LogP contribution in [-0.4, -0.2) is 29.1 Å². The van der Waals surface area contributed by atoms with Crippen LogP contribution >= 0.6 is 11.6 Å². The molecule has 0 saturated carbocycles. The third-order valence-electron chi connectivity index (χ3n) is 4.93. The summed E-state index contributed by atoms with van der Waals surface area (Å²) >= 11 is 5.90. The van der Waals surface area contributed by atoms with Crippen molar-refractivity contribution in [2.75, 3.05) is 18.2 Å². The van der Waals surface area contributed by atoms with E-state index in [4.69, 9.17) is 16.3 Å². The number of carbonyl (C=O) groups excluding carboxylic acids is 1. The van der Waals surface area contributed by atoms with E-state index < -0.39 is 11.0 Å². The first-order valence-corrected chi connectivity index (χ1v) is 10.2. The fraction of sp³-hybridized carbons (Fsp3) is 0.381. The molecule has 0 fully saturated rings. The predicted octanol–water partition coefficient (Wildman–Crippen LogP) is 3.94. The van der Waals surface area contributed by atoms with Crippen LogP contribution < -0.4 is 15.2 Å². The number of amides is 1. The fourth-order valence-electron chi connectivity index (χ4n) is 3.51. The van der Waals surface area contributed by atoms with E-state index >= 15 is 0 Å². The van der Waals surface area contributed by atoms with Gasteiger partial charge < -0.3 is 9.84 Å². The first-order chi connectivity index (χ1) is 14.4. The van der Waals surface area contributed by atoms with Crippen LogP contribution in [-0.2, 0) is 11.2 Å². The zero-order valence-corrected chi connectivity index (χ0v) is 17.4. The van der Waals surface area contributed by atoms with Crippen molar-refractivity contribution < 1.29 is 19.6 Å². The van der Waals surface area contributed by atoms with Gasteiger partial charge in [0.1, 0.15) is 16.3 Å². The predicted molar refractivity (Wildman–Crippen MR) is 114 cm³/mol. The molecule has 2 aromatic rings. The Bertz CT molecular complexity index is 935. The minimum Gasteiger partial charge on any atom is -0.493 e. The maximum atomic E-state index is 12.2. The van der Waals surface area contributed by atoms with Crippen molar-refractivity contribution in [3.63, 3.8) is 0 Å². The second-order valence-electron chi connectivity index (χ2n) is 7.11. The number of unbranched alkanes of at least 4 members (excludes halogenated alkanes) is 1. The molecule has 3 rings (SSSR count). The zero-order valence-electron chi connectivity index (χ0n) is 16.6. The summed E-state index contributed by atoms with van der Waals surface area (Å²) in [5.74, 6) is 0.151. The molecule has 0 spiro atoms. The number of nitro benzene ring substituents is 1. The molecule has 0 saturated heterocycles. The first kappa shape index (κ1) is 21.9. The van der Waals surface area contributed by atoms with Gasteiger partial charge in [-0.25, -0.2) is 0 Å². The number of hydrogen-bond donors (Lipinski definition) is 2. The van der Waals surface area contributed by atoms with Crippen LogP contribution in [0.2, 0.25) is 5.02 Å². The number of hydrazine groups is 1. The number of aliphatic hydroxyl groups excluding tert-OH is 1. The number of rotatable bonds is 9. The maximum absolute atomic E-state index is 12.2. The quantitative estimate of drug-likeness (QED) is 0.352. The van der Waals surface area contributed by atoms with Gasteiger partial charge in [-0.3, -0.25) is 25.3 Å². The van der Waals surface area contributed by atoms with Gasteiger partial charge in [-0.2, -0.15) is 0 Å². The topological polar surface area (TPSA) is 105 Å². The fourth-order valence-corrected chi connectivity index (χ4v) is 3.74. The van der Waals surface area contributed by atoms with Gasteiger partial charge in [0, 0.05) is 13.0 Å². The lowest BCUT2D eigenvalue weighted by Crippen LogP contribution is -2.41. The van der Waals surface area contributed by atoms with Crippen LogP contribution in [0.3, 0.4) is 0 Å². The monoisotopic (exact) mass is 433 g/mol. The van der Waals surface area contributed by atoms with Crippen LogP contribution in [0.15, 0.2) is 36.4 Å². The number of fused-ring (bicyclic) bond motifs is 1. The number of para-hydroxylation sites is 1. The first-order valence-electron chi connectivity index (χ1n) is 9.81. The van der Waals surface area contributed by atoms with Gasteiger partial charge in [0.25, 0.3) is 5.69 Å². The number of benzene rings is 2. The third kappa shape index (κ3) is 5.01. The molecule has 2 aromatic carbocycles. The van der Waals surface area contributed by atoms with Crippen molar-refractivity contribution in [1.29, 1.82) is 0 Å². The normalized spacial score (nSPS) is 13.6. The Morgan fingerprint density at radius 3 is 2.83 bits per heavy atom. The summed E-state index contributed by atoms with van der Waals surface area (Å²) in [4.78, 5) is 22.9. The molecule has 0 aliphatic carbocycles. The Hall–Kier alpha value is -2.84. The van der Waals surface area contributed by atoms with Gasteiger partial charge in [0.05, 0.1) is 23.3 Å². The van der Waals surface area contributed by atoms with Gasteiger partial charge in [0.2, 0.25) is 5.91 Å². The molecule has 1 aliphatic heterocycles. The highest BCUT2D eigenvalue weighted by Crippen LogP contribution is 2.39. The Morgan fingerprint density at radius 1 is 1.33 bits per heavy atom. The van der Waals surface area contributed by atoms with Crippen molar-refractivity contribution in [2.45, 2.75) is 38.7 Å². The van der Waals surface area contributed by atoms with Gasteiger partial charge in [-0.15, -0.1) is 0 Å². The van der Waals surface area contributed by atoms with Crippen molar-refractivity contribution in [3.05, 3.63) is 62.7 Å². The van der Waals surface area contributed by atoms with Crippen molar-refractivity contribution in [1.82, 2.24) is 5.43 Å². The molecular weight excluding hydrogens is 410 g/mol. The molecule has 9 heteroatoms. The molecule has 1 atom stereocenters. The smallest absolute Gasteiger partial charge is 0.297 e. The number of aliphatic hydroxyl groups is 1. The summed E-state index contributed by atoms with van der Waals surface area (Å²) in [5.41, 5.74) is 4.88. The second kappa shape index (κ2) is 9.77. The Morgan fingerprint density at radius 2 is 2.10 bits per heavy atom.